The fourth-order valence-electron chi connectivity index (χ4n) is 1.25. The largest absolute Gasteiger partial charge is 0.478 e. The molecule has 0 aliphatic carbocycles. The van der Waals surface area contributed by atoms with Crippen molar-refractivity contribution >= 4 is 5.97 Å². The van der Waals surface area contributed by atoms with Gasteiger partial charge in [0.25, 0.3) is 0 Å². The quantitative estimate of drug-likeness (QED) is 0.335. The van der Waals surface area contributed by atoms with Gasteiger partial charge < -0.3 is 30.5 Å². The lowest BCUT2D eigenvalue weighted by Crippen LogP contribution is -2.38. The molecule has 86 valence electrons. The van der Waals surface area contributed by atoms with E-state index in [2.05, 4.69) is 5.32 Å². The molecule has 4 atom stereocenters. The number of carboxylic acids is 1. The first-order chi connectivity index (χ1) is 7.06. The number of nitrogens with one attached hydrogen (secondary N) is 1. The Morgan fingerprint density at radius 1 is 1.40 bits per heavy atom. The molecule has 7 heteroatoms. The molecule has 5 N–H and O–H groups in total. The van der Waals surface area contributed by atoms with E-state index in [0.29, 0.717) is 0 Å². The third-order valence-corrected chi connectivity index (χ3v) is 2.03. The minimum Gasteiger partial charge on any atom is -0.478 e. The van der Waals surface area contributed by atoms with Crippen LogP contribution in [0, 0.1) is 0 Å². The van der Waals surface area contributed by atoms with Gasteiger partial charge in [0, 0.05) is 12.3 Å². The normalized spacial score (nSPS) is 35.9. The van der Waals surface area contributed by atoms with Gasteiger partial charge in [-0.25, -0.2) is 4.79 Å². The molecule has 1 heterocycles. The summed E-state index contributed by atoms with van der Waals surface area (Å²) in [6, 6.07) is 0. The summed E-state index contributed by atoms with van der Waals surface area (Å²) in [6.07, 6.45) is -2.27. The van der Waals surface area contributed by atoms with Gasteiger partial charge in [-0.15, -0.1) is 0 Å². The average molecular weight is 219 g/mol. The van der Waals surface area contributed by atoms with E-state index in [4.69, 9.17) is 14.9 Å². The molecule has 0 amide bonds. The van der Waals surface area contributed by atoms with E-state index in [9.17, 15) is 15.0 Å². The van der Waals surface area contributed by atoms with Crippen molar-refractivity contribution in [2.24, 2.45) is 0 Å². The molecule has 1 rings (SSSR count). The van der Waals surface area contributed by atoms with Crippen molar-refractivity contribution in [1.29, 1.82) is 0 Å². The van der Waals surface area contributed by atoms with Gasteiger partial charge in [-0.3, -0.25) is 0 Å². The summed E-state index contributed by atoms with van der Waals surface area (Å²) in [5, 5.41) is 38.2. The summed E-state index contributed by atoms with van der Waals surface area (Å²) < 4.78 is 5.01. The van der Waals surface area contributed by atoms with Gasteiger partial charge in [-0.05, 0) is 0 Å². The van der Waals surface area contributed by atoms with Crippen molar-refractivity contribution in [3.05, 3.63) is 12.3 Å². The van der Waals surface area contributed by atoms with Crippen LogP contribution in [0.15, 0.2) is 12.3 Å². The molecule has 0 bridgehead atoms. The molecule has 1 saturated heterocycles. The first-order valence-corrected chi connectivity index (χ1v) is 4.34. The van der Waals surface area contributed by atoms with Crippen LogP contribution in [0.4, 0.5) is 0 Å². The highest BCUT2D eigenvalue weighted by Gasteiger charge is 2.41. The summed E-state index contributed by atoms with van der Waals surface area (Å²) in [4.78, 5) is 10.1. The molecule has 15 heavy (non-hydrogen) atoms. The van der Waals surface area contributed by atoms with E-state index in [-0.39, 0.29) is 0 Å². The number of hydrogen-bond donors (Lipinski definition) is 5. The number of carboxylic acid groups (broad SMARTS) is 1. The SMILES string of the molecule is O=C(O)/C=C/NC1O[C@H](CO)[C@@H](O)[C@@H]1O. The van der Waals surface area contributed by atoms with Crippen molar-refractivity contribution < 1.29 is 30.0 Å². The van der Waals surface area contributed by atoms with Gasteiger partial charge in [0.15, 0.2) is 6.23 Å². The fraction of sp³-hybridized carbons (Fsp3) is 0.625. The molecule has 7 nitrogen and oxygen atoms in total. The van der Waals surface area contributed by atoms with Crippen LogP contribution in [0.1, 0.15) is 0 Å². The number of hydrogen-bond acceptors (Lipinski definition) is 6. The minimum absolute atomic E-state index is 0.418. The molecule has 1 aliphatic heterocycles. The molecule has 0 spiro atoms. The number of ether oxygens (including phenoxy) is 1. The fourth-order valence-corrected chi connectivity index (χ4v) is 1.25. The Kier molecular flexibility index (Phi) is 4.04. The molecule has 1 fully saturated rings. The molecule has 0 saturated carbocycles. The van der Waals surface area contributed by atoms with Crippen LogP contribution in [0.3, 0.4) is 0 Å². The summed E-state index contributed by atoms with van der Waals surface area (Å²) in [7, 11) is 0. The summed E-state index contributed by atoms with van der Waals surface area (Å²) >= 11 is 0. The van der Waals surface area contributed by atoms with Crippen LogP contribution in [-0.2, 0) is 9.53 Å². The lowest BCUT2D eigenvalue weighted by molar-refractivity contribution is -0.131. The molecule has 1 unspecified atom stereocenters. The zero-order chi connectivity index (χ0) is 11.4. The Bertz CT molecular complexity index is 256. The summed E-state index contributed by atoms with van der Waals surface area (Å²) in [5.74, 6) is -1.14. The van der Waals surface area contributed by atoms with E-state index in [1.54, 1.807) is 0 Å². The standard InChI is InChI=1S/C8H13NO6/c10-3-4-6(13)7(14)8(15-4)9-2-1-5(11)12/h1-2,4,6-10,13-14H,3H2,(H,11,12)/b2-1+/t4-,6-,7+,8?/m1/s1. The maximum Gasteiger partial charge on any atom is 0.329 e. The predicted molar refractivity (Wildman–Crippen MR) is 47.7 cm³/mol. The van der Waals surface area contributed by atoms with Crippen LogP contribution in [-0.4, -0.2) is 57.5 Å². The van der Waals surface area contributed by atoms with Crippen LogP contribution >= 0.6 is 0 Å². The monoisotopic (exact) mass is 219 g/mol. The van der Waals surface area contributed by atoms with E-state index in [0.717, 1.165) is 12.3 Å². The smallest absolute Gasteiger partial charge is 0.329 e. The Balaban J connectivity index is 2.47. The molecular formula is C8H13NO6. The third kappa shape index (κ3) is 2.90. The third-order valence-electron chi connectivity index (χ3n) is 2.03. The Hall–Kier alpha value is -1.15. The van der Waals surface area contributed by atoms with E-state index < -0.39 is 37.1 Å². The maximum atomic E-state index is 10.1. The van der Waals surface area contributed by atoms with Crippen LogP contribution in [0.5, 0.6) is 0 Å². The number of aliphatic hydroxyl groups excluding tert-OH is 3. The second-order valence-electron chi connectivity index (χ2n) is 3.10. The number of carbonyl (C=O) groups is 1. The van der Waals surface area contributed by atoms with Crippen molar-refractivity contribution in [1.82, 2.24) is 5.32 Å². The second-order valence-corrected chi connectivity index (χ2v) is 3.10. The first kappa shape index (κ1) is 11.9. The van der Waals surface area contributed by atoms with E-state index >= 15 is 0 Å². The van der Waals surface area contributed by atoms with E-state index in [1.807, 2.05) is 0 Å². The lowest BCUT2D eigenvalue weighted by Gasteiger charge is -2.13. The molecule has 0 aromatic heterocycles. The Morgan fingerprint density at radius 3 is 2.53 bits per heavy atom. The van der Waals surface area contributed by atoms with Gasteiger partial charge >= 0.3 is 5.97 Å². The van der Waals surface area contributed by atoms with Gasteiger partial charge in [0.1, 0.15) is 18.3 Å². The van der Waals surface area contributed by atoms with Crippen LogP contribution < -0.4 is 5.32 Å². The summed E-state index contributed by atoms with van der Waals surface area (Å²) in [6.45, 7) is -0.418. The van der Waals surface area contributed by atoms with Gasteiger partial charge in [0.2, 0.25) is 0 Å². The molecular weight excluding hydrogens is 206 g/mol. The van der Waals surface area contributed by atoms with Gasteiger partial charge in [0.05, 0.1) is 6.61 Å². The van der Waals surface area contributed by atoms with Crippen molar-refractivity contribution in [3.63, 3.8) is 0 Å². The zero-order valence-electron chi connectivity index (χ0n) is 7.78. The second kappa shape index (κ2) is 5.08. The zero-order valence-corrected chi connectivity index (χ0v) is 7.78. The molecule has 0 aromatic carbocycles. The topological polar surface area (TPSA) is 119 Å². The van der Waals surface area contributed by atoms with Crippen molar-refractivity contribution in [3.8, 4) is 0 Å². The predicted octanol–water partition coefficient (Wildman–Crippen LogP) is -2.39. The number of aliphatic hydroxyl groups is 3. The highest BCUT2D eigenvalue weighted by atomic mass is 16.6. The lowest BCUT2D eigenvalue weighted by atomic mass is 10.1. The highest BCUT2D eigenvalue weighted by Crippen LogP contribution is 2.18. The Morgan fingerprint density at radius 2 is 2.07 bits per heavy atom. The van der Waals surface area contributed by atoms with E-state index in [1.165, 1.54) is 0 Å². The Labute approximate surface area is 85.6 Å². The van der Waals surface area contributed by atoms with Crippen LogP contribution in [0.2, 0.25) is 0 Å². The number of aliphatic carboxylic acids is 1. The van der Waals surface area contributed by atoms with Crippen molar-refractivity contribution in [2.45, 2.75) is 24.5 Å². The van der Waals surface area contributed by atoms with Gasteiger partial charge in [-0.1, -0.05) is 0 Å². The molecule has 1 aliphatic rings. The molecule has 0 radical (unpaired) electrons. The van der Waals surface area contributed by atoms with Crippen LogP contribution in [0.25, 0.3) is 0 Å². The first-order valence-electron chi connectivity index (χ1n) is 4.34. The summed E-state index contributed by atoms with van der Waals surface area (Å²) in [5.41, 5.74) is 0. The minimum atomic E-state index is -1.21. The maximum absolute atomic E-state index is 10.1. The molecule has 0 aromatic rings. The number of rotatable bonds is 4. The average Bonchev–Trinajstić information content (AvgIpc) is 2.45. The van der Waals surface area contributed by atoms with Crippen molar-refractivity contribution in [2.75, 3.05) is 6.61 Å². The highest BCUT2D eigenvalue weighted by molar-refractivity contribution is 5.79. The van der Waals surface area contributed by atoms with Gasteiger partial charge in [-0.2, -0.15) is 0 Å².